The number of hydrogen-bond acceptors (Lipinski definition) is 7. The van der Waals surface area contributed by atoms with E-state index in [4.69, 9.17) is 9.15 Å². The molecule has 170 valence electrons. The van der Waals surface area contributed by atoms with Gasteiger partial charge in [0.25, 0.3) is 10.0 Å². The van der Waals surface area contributed by atoms with E-state index in [9.17, 15) is 21.6 Å². The topological polar surface area (TPSA) is 111 Å². The molecule has 0 aliphatic heterocycles. The third-order valence-corrected chi connectivity index (χ3v) is 9.96. The molecular formula is C21H27NO7S2. The normalized spacial score (nSPS) is 16.5. The lowest BCUT2D eigenvalue weighted by Crippen LogP contribution is -2.45. The highest BCUT2D eigenvalue weighted by Gasteiger charge is 2.54. The van der Waals surface area contributed by atoms with Gasteiger partial charge >= 0.3 is 5.97 Å². The average molecular weight is 470 g/mol. The Morgan fingerprint density at radius 3 is 2.32 bits per heavy atom. The molecule has 0 amide bonds. The summed E-state index contributed by atoms with van der Waals surface area (Å²) in [5.74, 6) is -0.717. The summed E-state index contributed by atoms with van der Waals surface area (Å²) >= 11 is 0. The zero-order valence-electron chi connectivity index (χ0n) is 18.0. The number of sulfonamides is 1. The number of rotatable bonds is 7. The van der Waals surface area contributed by atoms with Gasteiger partial charge in [-0.1, -0.05) is 25.0 Å². The minimum absolute atomic E-state index is 0.117. The van der Waals surface area contributed by atoms with Crippen molar-refractivity contribution in [1.29, 1.82) is 0 Å². The summed E-state index contributed by atoms with van der Waals surface area (Å²) in [5.41, 5.74) is 1.37. The van der Waals surface area contributed by atoms with Crippen LogP contribution in [0.25, 0.3) is 0 Å². The summed E-state index contributed by atoms with van der Waals surface area (Å²) in [7, 11) is -5.01. The predicted octanol–water partition coefficient (Wildman–Crippen LogP) is 2.98. The fourth-order valence-corrected chi connectivity index (χ4v) is 6.93. The number of furan rings is 1. The van der Waals surface area contributed by atoms with Crippen molar-refractivity contribution in [2.75, 3.05) is 14.1 Å². The quantitative estimate of drug-likeness (QED) is 0.573. The van der Waals surface area contributed by atoms with E-state index in [1.165, 1.54) is 26.2 Å². The van der Waals surface area contributed by atoms with Crippen LogP contribution in [0.2, 0.25) is 0 Å². The van der Waals surface area contributed by atoms with Crippen LogP contribution in [0.3, 0.4) is 0 Å². The van der Waals surface area contributed by atoms with Crippen molar-refractivity contribution in [3.63, 3.8) is 0 Å². The van der Waals surface area contributed by atoms with Gasteiger partial charge < -0.3 is 9.15 Å². The standard InChI is InChI=1S/C21H27NO7S2/c1-15-7-8-16(2)18(13-15)30(24,25)21(11-5-6-12-21)20(23)28-14-17-9-10-19(29-17)31(26,27)22(3)4/h7-10,13H,5-6,11-12,14H2,1-4H3. The summed E-state index contributed by atoms with van der Waals surface area (Å²) < 4.78 is 61.5. The number of benzene rings is 1. The highest BCUT2D eigenvalue weighted by Crippen LogP contribution is 2.42. The molecule has 2 aromatic rings. The molecule has 1 saturated carbocycles. The maximum Gasteiger partial charge on any atom is 0.328 e. The molecule has 1 aliphatic carbocycles. The molecule has 31 heavy (non-hydrogen) atoms. The second-order valence-electron chi connectivity index (χ2n) is 8.06. The van der Waals surface area contributed by atoms with Crippen molar-refractivity contribution >= 4 is 25.8 Å². The van der Waals surface area contributed by atoms with Crippen molar-refractivity contribution in [2.24, 2.45) is 0 Å². The Bertz CT molecular complexity index is 1190. The minimum Gasteiger partial charge on any atom is -0.456 e. The molecule has 0 bridgehead atoms. The number of nitrogens with zero attached hydrogens (tertiary/aromatic N) is 1. The van der Waals surface area contributed by atoms with Crippen LogP contribution in [0.5, 0.6) is 0 Å². The summed E-state index contributed by atoms with van der Waals surface area (Å²) in [6, 6.07) is 7.81. The summed E-state index contributed by atoms with van der Waals surface area (Å²) in [4.78, 5) is 13.2. The summed E-state index contributed by atoms with van der Waals surface area (Å²) in [5, 5.41) is -0.276. The molecule has 0 atom stereocenters. The van der Waals surface area contributed by atoms with Gasteiger partial charge in [0, 0.05) is 14.1 Å². The van der Waals surface area contributed by atoms with Crippen molar-refractivity contribution in [1.82, 2.24) is 4.31 Å². The Balaban J connectivity index is 1.87. The molecular weight excluding hydrogens is 442 g/mol. The number of ether oxygens (including phenoxy) is 1. The molecule has 1 fully saturated rings. The van der Waals surface area contributed by atoms with E-state index in [2.05, 4.69) is 0 Å². The summed E-state index contributed by atoms with van der Waals surface area (Å²) in [6.07, 6.45) is 1.57. The summed E-state index contributed by atoms with van der Waals surface area (Å²) in [6.45, 7) is 3.15. The number of aryl methyl sites for hydroxylation is 2. The van der Waals surface area contributed by atoms with E-state index >= 15 is 0 Å². The minimum atomic E-state index is -3.99. The van der Waals surface area contributed by atoms with E-state index < -0.39 is 30.6 Å². The predicted molar refractivity (Wildman–Crippen MR) is 114 cm³/mol. The fourth-order valence-electron chi connectivity index (χ4n) is 3.76. The third-order valence-electron chi connectivity index (χ3n) is 5.65. The van der Waals surface area contributed by atoms with Gasteiger partial charge in [0.2, 0.25) is 5.09 Å². The van der Waals surface area contributed by atoms with E-state index in [0.29, 0.717) is 18.4 Å². The average Bonchev–Trinajstić information content (AvgIpc) is 3.38. The van der Waals surface area contributed by atoms with Gasteiger partial charge in [0.15, 0.2) is 14.6 Å². The van der Waals surface area contributed by atoms with Gasteiger partial charge in [0.05, 0.1) is 4.90 Å². The van der Waals surface area contributed by atoms with Crippen molar-refractivity contribution in [3.05, 3.63) is 47.2 Å². The van der Waals surface area contributed by atoms with Crippen LogP contribution in [0, 0.1) is 13.8 Å². The van der Waals surface area contributed by atoms with Crippen molar-refractivity contribution < 1.29 is 30.8 Å². The van der Waals surface area contributed by atoms with E-state index in [1.54, 1.807) is 26.0 Å². The molecule has 8 nitrogen and oxygen atoms in total. The molecule has 1 aliphatic rings. The SMILES string of the molecule is Cc1ccc(C)c(S(=O)(=O)C2(C(=O)OCc3ccc(S(=O)(=O)N(C)C)o3)CCCC2)c1. The molecule has 3 rings (SSSR count). The second kappa shape index (κ2) is 8.40. The highest BCUT2D eigenvalue weighted by molar-refractivity contribution is 7.93. The number of esters is 1. The number of hydrogen-bond donors (Lipinski definition) is 0. The van der Waals surface area contributed by atoms with Gasteiger partial charge in [0.1, 0.15) is 12.4 Å². The first-order valence-corrected chi connectivity index (χ1v) is 12.8. The number of carbonyl (C=O) groups excluding carboxylic acids is 1. The first-order valence-electron chi connectivity index (χ1n) is 9.92. The molecule has 10 heteroatoms. The zero-order valence-corrected chi connectivity index (χ0v) is 19.7. The Kier molecular flexibility index (Phi) is 6.37. The molecule has 0 unspecified atom stereocenters. The number of carbonyl (C=O) groups is 1. The maximum absolute atomic E-state index is 13.6. The first kappa shape index (κ1) is 23.5. The Morgan fingerprint density at radius 1 is 1.06 bits per heavy atom. The van der Waals surface area contributed by atoms with Crippen LogP contribution < -0.4 is 0 Å². The van der Waals surface area contributed by atoms with E-state index in [-0.39, 0.29) is 35.2 Å². The molecule has 0 N–H and O–H groups in total. The second-order valence-corrected chi connectivity index (χ2v) is 12.4. The van der Waals surface area contributed by atoms with Crippen LogP contribution >= 0.6 is 0 Å². The van der Waals surface area contributed by atoms with Gasteiger partial charge in [-0.25, -0.2) is 21.1 Å². The fraction of sp³-hybridized carbons (Fsp3) is 0.476. The molecule has 0 saturated heterocycles. The molecule has 1 aromatic carbocycles. The molecule has 0 radical (unpaired) electrons. The lowest BCUT2D eigenvalue weighted by Gasteiger charge is -2.27. The van der Waals surface area contributed by atoms with Gasteiger partial charge in [-0.2, -0.15) is 0 Å². The van der Waals surface area contributed by atoms with Crippen LogP contribution in [0.1, 0.15) is 42.6 Å². The van der Waals surface area contributed by atoms with Gasteiger partial charge in [-0.05, 0) is 56.0 Å². The molecule has 1 aromatic heterocycles. The Labute approximate surface area is 183 Å². The van der Waals surface area contributed by atoms with E-state index in [1.807, 2.05) is 6.07 Å². The van der Waals surface area contributed by atoms with Crippen molar-refractivity contribution in [3.8, 4) is 0 Å². The Morgan fingerprint density at radius 2 is 1.71 bits per heavy atom. The van der Waals surface area contributed by atoms with E-state index in [0.717, 1.165) is 9.87 Å². The first-order chi connectivity index (χ1) is 14.4. The van der Waals surface area contributed by atoms with Gasteiger partial charge in [-0.3, -0.25) is 4.79 Å². The molecule has 1 heterocycles. The van der Waals surface area contributed by atoms with Crippen LogP contribution in [-0.4, -0.2) is 46.0 Å². The van der Waals surface area contributed by atoms with Crippen LogP contribution in [0.4, 0.5) is 0 Å². The van der Waals surface area contributed by atoms with Crippen LogP contribution in [-0.2, 0) is 36.0 Å². The lowest BCUT2D eigenvalue weighted by molar-refractivity contribution is -0.148. The Hall–Kier alpha value is -2.17. The third kappa shape index (κ3) is 4.16. The number of sulfone groups is 1. The highest BCUT2D eigenvalue weighted by atomic mass is 32.2. The maximum atomic E-state index is 13.6. The smallest absolute Gasteiger partial charge is 0.328 e. The largest absolute Gasteiger partial charge is 0.456 e. The zero-order chi connectivity index (χ0) is 23.0. The van der Waals surface area contributed by atoms with Gasteiger partial charge in [-0.15, -0.1) is 0 Å². The molecule has 0 spiro atoms. The monoisotopic (exact) mass is 469 g/mol. The lowest BCUT2D eigenvalue weighted by atomic mass is 10.1. The van der Waals surface area contributed by atoms with Crippen molar-refractivity contribution in [2.45, 2.75) is 60.9 Å². The van der Waals surface area contributed by atoms with Crippen LogP contribution in [0.15, 0.2) is 44.7 Å².